The molecule has 0 heterocycles. The summed E-state index contributed by atoms with van der Waals surface area (Å²) in [5, 5.41) is 0. The maximum atomic E-state index is 2.57. The van der Waals surface area contributed by atoms with E-state index in [2.05, 4.69) is 92.8 Å². The topological polar surface area (TPSA) is 0 Å². The summed E-state index contributed by atoms with van der Waals surface area (Å²) in [6.07, 6.45) is 8.68. The van der Waals surface area contributed by atoms with E-state index < -0.39 is 20.4 Å². The number of allylic oxidation sites excluding steroid dienone is 5. The average molecular weight is 491 g/mol. The molecule has 2 aliphatic carbocycles. The Labute approximate surface area is 183 Å². The van der Waals surface area contributed by atoms with Gasteiger partial charge in [-0.2, -0.15) is 0 Å². The molecule has 0 saturated heterocycles. The number of benzene rings is 2. The number of halogens is 2. The van der Waals surface area contributed by atoms with E-state index in [1.165, 1.54) is 23.1 Å². The van der Waals surface area contributed by atoms with E-state index >= 15 is 0 Å². The summed E-state index contributed by atoms with van der Waals surface area (Å²) in [5.74, 6) is 0. The first-order valence-corrected chi connectivity index (χ1v) is 17.9. The van der Waals surface area contributed by atoms with Crippen LogP contribution in [0.3, 0.4) is 0 Å². The first-order chi connectivity index (χ1) is 12.1. The van der Waals surface area contributed by atoms with E-state index in [0.717, 1.165) is 3.63 Å². The SMILES string of the molecule is CC1=Cc2ccccc2[CH]1[Zr+2]([C]1=CC(c2ccccc2)=CC1)=[Si](C)C.[Cl-].[Cl-]. The molecule has 2 aromatic rings. The van der Waals surface area contributed by atoms with Crippen LogP contribution in [0.4, 0.5) is 0 Å². The number of fused-ring (bicyclic) bond motifs is 1. The van der Waals surface area contributed by atoms with Crippen molar-refractivity contribution >= 4 is 17.1 Å². The Morgan fingerprint density at radius 2 is 1.56 bits per heavy atom. The normalized spacial score (nSPS) is 16.7. The van der Waals surface area contributed by atoms with Gasteiger partial charge in [-0.05, 0) is 0 Å². The van der Waals surface area contributed by atoms with Gasteiger partial charge in [-0.15, -0.1) is 0 Å². The van der Waals surface area contributed by atoms with Gasteiger partial charge in [-0.1, -0.05) is 0 Å². The number of rotatable bonds is 3. The summed E-state index contributed by atoms with van der Waals surface area (Å²) in [7, 11) is 0. The number of hydrogen-bond donors (Lipinski definition) is 0. The van der Waals surface area contributed by atoms with Crippen molar-refractivity contribution in [2.45, 2.75) is 30.1 Å². The van der Waals surface area contributed by atoms with E-state index in [1.807, 2.05) is 3.28 Å². The molecule has 0 saturated carbocycles. The fourth-order valence-electron chi connectivity index (χ4n) is 4.20. The van der Waals surface area contributed by atoms with Crippen LogP contribution in [-0.4, -0.2) is 5.43 Å². The molecular formula is C23H24Cl2SiZr. The average Bonchev–Trinajstić information content (AvgIpc) is 3.22. The van der Waals surface area contributed by atoms with Crippen LogP contribution in [0.1, 0.15) is 33.7 Å². The molecule has 1 unspecified atom stereocenters. The molecule has 4 rings (SSSR count). The van der Waals surface area contributed by atoms with Crippen LogP contribution in [0.15, 0.2) is 75.6 Å². The van der Waals surface area contributed by atoms with Gasteiger partial charge in [-0.3, -0.25) is 0 Å². The van der Waals surface area contributed by atoms with Crippen molar-refractivity contribution in [3.05, 3.63) is 92.3 Å². The van der Waals surface area contributed by atoms with Crippen molar-refractivity contribution in [1.29, 1.82) is 0 Å². The standard InChI is InChI=1S/C11H9.C10H9.C2H6Si.2ClH.Zr/c1-2-6-10(7-3-1)11-8-4-5-9-11;1-8-6-9-4-2-3-5-10(9)7-8;1-3-2;;;/h1-3,6-9H,4H2;2-7H,1H3;1-2H3;2*1H;/q;;;;;+2/p-2. The van der Waals surface area contributed by atoms with Crippen molar-refractivity contribution < 1.29 is 45.2 Å². The second-order valence-electron chi connectivity index (χ2n) is 7.26. The molecule has 0 N–H and O–H groups in total. The molecule has 2 aromatic carbocycles. The molecular weight excluding hydrogens is 466 g/mol. The summed E-state index contributed by atoms with van der Waals surface area (Å²) in [6, 6.07) is 20.0. The van der Waals surface area contributed by atoms with E-state index in [0.29, 0.717) is 0 Å². The predicted octanol–water partition coefficient (Wildman–Crippen LogP) is 0.393. The fourth-order valence-corrected chi connectivity index (χ4v) is 22.9. The largest absolute Gasteiger partial charge is 1.00 e. The molecule has 27 heavy (non-hydrogen) atoms. The molecule has 0 nitrogen and oxygen atoms in total. The minimum atomic E-state index is -1.73. The second kappa shape index (κ2) is 9.70. The van der Waals surface area contributed by atoms with Gasteiger partial charge >= 0.3 is 160 Å². The van der Waals surface area contributed by atoms with E-state index in [-0.39, 0.29) is 30.2 Å². The zero-order chi connectivity index (χ0) is 17.4. The van der Waals surface area contributed by atoms with Crippen LogP contribution < -0.4 is 24.8 Å². The van der Waals surface area contributed by atoms with Crippen LogP contribution in [-0.2, 0) is 20.4 Å². The van der Waals surface area contributed by atoms with E-state index in [4.69, 9.17) is 0 Å². The Morgan fingerprint density at radius 1 is 0.889 bits per heavy atom. The third-order valence-electron chi connectivity index (χ3n) is 5.30. The maximum absolute atomic E-state index is 2.57. The maximum Gasteiger partial charge on any atom is -1.00 e. The van der Waals surface area contributed by atoms with Crippen LogP contribution in [0.25, 0.3) is 11.6 Å². The smallest absolute Gasteiger partial charge is 1.00 e. The van der Waals surface area contributed by atoms with Gasteiger partial charge in [0.05, 0.1) is 0 Å². The monoisotopic (exact) mass is 488 g/mol. The van der Waals surface area contributed by atoms with Gasteiger partial charge in [0.1, 0.15) is 0 Å². The molecule has 138 valence electrons. The van der Waals surface area contributed by atoms with Gasteiger partial charge < -0.3 is 24.8 Å². The van der Waals surface area contributed by atoms with E-state index in [9.17, 15) is 0 Å². The van der Waals surface area contributed by atoms with Crippen LogP contribution >= 0.6 is 0 Å². The van der Waals surface area contributed by atoms with Gasteiger partial charge in [0.2, 0.25) is 0 Å². The first kappa shape index (κ1) is 22.6. The predicted molar refractivity (Wildman–Crippen MR) is 107 cm³/mol. The van der Waals surface area contributed by atoms with Crippen LogP contribution in [0, 0.1) is 0 Å². The van der Waals surface area contributed by atoms with Crippen molar-refractivity contribution in [2.75, 3.05) is 0 Å². The van der Waals surface area contributed by atoms with Crippen LogP contribution in [0.2, 0.25) is 13.1 Å². The van der Waals surface area contributed by atoms with Gasteiger partial charge in [0.15, 0.2) is 0 Å². The fraction of sp³-hybridized carbons (Fsp3) is 0.217. The molecule has 0 fully saturated rings. The molecule has 0 aromatic heterocycles. The second-order valence-corrected chi connectivity index (χ2v) is 24.9. The molecule has 0 aliphatic heterocycles. The zero-order valence-electron chi connectivity index (χ0n) is 16.0. The van der Waals surface area contributed by atoms with Crippen molar-refractivity contribution in [3.63, 3.8) is 0 Å². The third kappa shape index (κ3) is 4.51. The minimum Gasteiger partial charge on any atom is -1.00 e. The molecule has 0 radical (unpaired) electrons. The Kier molecular flexibility index (Phi) is 8.13. The summed E-state index contributed by atoms with van der Waals surface area (Å²) in [5.41, 5.74) is 7.28. The molecule has 0 amide bonds. The Hall–Kier alpha value is -0.660. The Bertz CT molecular complexity index is 951. The summed E-state index contributed by atoms with van der Waals surface area (Å²) in [4.78, 5) is 0. The summed E-state index contributed by atoms with van der Waals surface area (Å²) >= 11 is -1.73. The third-order valence-corrected chi connectivity index (χ3v) is 23.8. The minimum absolute atomic E-state index is 0. The van der Waals surface area contributed by atoms with E-state index in [1.54, 1.807) is 11.1 Å². The molecule has 1 atom stereocenters. The molecule has 4 heteroatoms. The van der Waals surface area contributed by atoms with Crippen molar-refractivity contribution in [3.8, 4) is 0 Å². The zero-order valence-corrected chi connectivity index (χ0v) is 20.9. The van der Waals surface area contributed by atoms with Gasteiger partial charge in [0, 0.05) is 0 Å². The van der Waals surface area contributed by atoms with Crippen molar-refractivity contribution in [1.82, 2.24) is 0 Å². The Morgan fingerprint density at radius 3 is 2.26 bits per heavy atom. The van der Waals surface area contributed by atoms with Crippen LogP contribution in [0.5, 0.6) is 0 Å². The summed E-state index contributed by atoms with van der Waals surface area (Å²) < 4.78 is 2.59. The van der Waals surface area contributed by atoms with Gasteiger partial charge in [0.25, 0.3) is 0 Å². The molecule has 2 aliphatic rings. The first-order valence-electron chi connectivity index (χ1n) is 9.06. The van der Waals surface area contributed by atoms with Crippen molar-refractivity contribution in [2.24, 2.45) is 0 Å². The number of hydrogen-bond acceptors (Lipinski definition) is 0. The summed E-state index contributed by atoms with van der Waals surface area (Å²) in [6.45, 7) is 7.50. The molecule has 0 spiro atoms. The Balaban J connectivity index is 0.00000131. The quantitative estimate of drug-likeness (QED) is 0.547. The molecule has 0 bridgehead atoms. The van der Waals surface area contributed by atoms with Gasteiger partial charge in [-0.25, -0.2) is 0 Å².